The van der Waals surface area contributed by atoms with Gasteiger partial charge in [0.05, 0.1) is 0 Å². The van der Waals surface area contributed by atoms with E-state index in [1.807, 2.05) is 30.3 Å². The lowest BCUT2D eigenvalue weighted by molar-refractivity contribution is -0.111. The molecule has 0 unspecified atom stereocenters. The molecule has 3 rings (SSSR count). The van der Waals surface area contributed by atoms with Crippen molar-refractivity contribution >= 4 is 40.2 Å². The van der Waals surface area contributed by atoms with Crippen LogP contribution in [-0.2, 0) is 10.5 Å². The lowest BCUT2D eigenvalue weighted by Crippen LogP contribution is -2.07. The number of nitrogens with zero attached hydrogens (tertiary/aromatic N) is 2. The van der Waals surface area contributed by atoms with Gasteiger partial charge in [0.25, 0.3) is 0 Å². The average molecular weight is 371 g/mol. The summed E-state index contributed by atoms with van der Waals surface area (Å²) in [6.07, 6.45) is 3.20. The second-order valence-corrected chi connectivity index (χ2v) is 7.22. The fraction of sp³-hybridized carbons (Fsp3) is 0.0556. The number of rotatable bonds is 6. The van der Waals surface area contributed by atoms with Gasteiger partial charge in [0.2, 0.25) is 11.0 Å². The molecule has 25 heavy (non-hydrogen) atoms. The van der Waals surface area contributed by atoms with Crippen LogP contribution in [0.3, 0.4) is 0 Å². The zero-order valence-corrected chi connectivity index (χ0v) is 14.7. The van der Waals surface area contributed by atoms with Crippen LogP contribution < -0.4 is 5.32 Å². The highest BCUT2D eigenvalue weighted by Gasteiger charge is 2.07. The molecule has 0 aliphatic heterocycles. The molecule has 0 fully saturated rings. The van der Waals surface area contributed by atoms with Crippen LogP contribution in [0.25, 0.3) is 6.08 Å². The molecule has 0 saturated carbocycles. The summed E-state index contributed by atoms with van der Waals surface area (Å²) < 4.78 is 13.6. The van der Waals surface area contributed by atoms with Gasteiger partial charge in [-0.2, -0.15) is 0 Å². The highest BCUT2D eigenvalue weighted by molar-refractivity contribution is 8.00. The Morgan fingerprint density at radius 3 is 2.64 bits per heavy atom. The number of thioether (sulfide) groups is 1. The fourth-order valence-corrected chi connectivity index (χ4v) is 3.64. The first-order valence-electron chi connectivity index (χ1n) is 7.44. The number of carbonyl (C=O) groups is 1. The molecule has 1 N–H and O–H groups in total. The van der Waals surface area contributed by atoms with E-state index in [0.29, 0.717) is 10.9 Å². The minimum Gasteiger partial charge on any atom is -0.297 e. The Balaban J connectivity index is 1.51. The fourth-order valence-electron chi connectivity index (χ4n) is 1.93. The molecule has 4 nitrogen and oxygen atoms in total. The summed E-state index contributed by atoms with van der Waals surface area (Å²) in [6, 6.07) is 15.9. The summed E-state index contributed by atoms with van der Waals surface area (Å²) in [5.74, 6) is 0.157. The predicted octanol–water partition coefficient (Wildman–Crippen LogP) is 4.62. The Morgan fingerprint density at radius 2 is 1.88 bits per heavy atom. The third-order valence-electron chi connectivity index (χ3n) is 3.14. The molecule has 126 valence electrons. The van der Waals surface area contributed by atoms with Crippen molar-refractivity contribution in [3.05, 3.63) is 77.6 Å². The van der Waals surface area contributed by atoms with Gasteiger partial charge in [-0.25, -0.2) is 4.39 Å². The number of amides is 1. The maximum absolute atomic E-state index is 12.9. The van der Waals surface area contributed by atoms with Crippen LogP contribution in [0.1, 0.15) is 11.1 Å². The van der Waals surface area contributed by atoms with Gasteiger partial charge in [-0.3, -0.25) is 10.1 Å². The van der Waals surface area contributed by atoms with Gasteiger partial charge in [-0.15, -0.1) is 10.2 Å². The Kier molecular flexibility index (Phi) is 5.92. The third kappa shape index (κ3) is 5.51. The van der Waals surface area contributed by atoms with E-state index in [1.165, 1.54) is 41.3 Å². The van der Waals surface area contributed by atoms with Crippen LogP contribution >= 0.6 is 23.1 Å². The molecule has 0 atom stereocenters. The van der Waals surface area contributed by atoms with Crippen molar-refractivity contribution in [2.24, 2.45) is 0 Å². The molecule has 1 amide bonds. The topological polar surface area (TPSA) is 54.9 Å². The number of hydrogen-bond acceptors (Lipinski definition) is 5. The van der Waals surface area contributed by atoms with E-state index in [4.69, 9.17) is 0 Å². The quantitative estimate of drug-likeness (QED) is 0.390. The molecule has 1 heterocycles. The van der Waals surface area contributed by atoms with Crippen LogP contribution in [0, 0.1) is 5.82 Å². The molecular formula is C18H14FN3OS2. The molecule has 0 radical (unpaired) electrons. The van der Waals surface area contributed by atoms with E-state index in [2.05, 4.69) is 15.5 Å². The third-order valence-corrected chi connectivity index (χ3v) is 5.18. The summed E-state index contributed by atoms with van der Waals surface area (Å²) in [6.45, 7) is 0. The number of hydrogen-bond donors (Lipinski definition) is 1. The first-order chi connectivity index (χ1) is 12.2. The van der Waals surface area contributed by atoms with Crippen LogP contribution in [0.5, 0.6) is 0 Å². The monoisotopic (exact) mass is 371 g/mol. The number of carbonyl (C=O) groups excluding carboxylic acids is 1. The van der Waals surface area contributed by atoms with Crippen LogP contribution in [-0.4, -0.2) is 16.1 Å². The largest absolute Gasteiger partial charge is 0.297 e. The molecule has 0 aliphatic rings. The van der Waals surface area contributed by atoms with E-state index < -0.39 is 0 Å². The number of benzene rings is 2. The van der Waals surface area contributed by atoms with Gasteiger partial charge in [0, 0.05) is 11.8 Å². The zero-order valence-electron chi connectivity index (χ0n) is 13.1. The lowest BCUT2D eigenvalue weighted by atomic mass is 10.2. The lowest BCUT2D eigenvalue weighted by Gasteiger charge is -1.98. The van der Waals surface area contributed by atoms with Crippen molar-refractivity contribution in [3.8, 4) is 0 Å². The summed E-state index contributed by atoms with van der Waals surface area (Å²) in [5.41, 5.74) is 1.95. The minimum atomic E-state index is -0.255. The molecule has 0 saturated heterocycles. The van der Waals surface area contributed by atoms with Crippen LogP contribution in [0.2, 0.25) is 0 Å². The van der Waals surface area contributed by atoms with Gasteiger partial charge < -0.3 is 0 Å². The first-order valence-corrected chi connectivity index (χ1v) is 9.24. The van der Waals surface area contributed by atoms with E-state index in [9.17, 15) is 9.18 Å². The maximum Gasteiger partial charge on any atom is 0.250 e. The van der Waals surface area contributed by atoms with E-state index >= 15 is 0 Å². The van der Waals surface area contributed by atoms with E-state index in [0.717, 1.165) is 15.5 Å². The molecular weight excluding hydrogens is 357 g/mol. The van der Waals surface area contributed by atoms with Crippen molar-refractivity contribution < 1.29 is 9.18 Å². The predicted molar refractivity (Wildman–Crippen MR) is 100.0 cm³/mol. The Bertz CT molecular complexity index is 864. The van der Waals surface area contributed by atoms with Crippen molar-refractivity contribution in [1.29, 1.82) is 0 Å². The van der Waals surface area contributed by atoms with Crippen molar-refractivity contribution in [2.75, 3.05) is 5.32 Å². The zero-order chi connectivity index (χ0) is 17.5. The second-order valence-electron chi connectivity index (χ2n) is 5.02. The van der Waals surface area contributed by atoms with Crippen LogP contribution in [0.4, 0.5) is 9.52 Å². The molecule has 2 aromatic carbocycles. The normalized spacial score (nSPS) is 10.9. The van der Waals surface area contributed by atoms with Crippen LogP contribution in [0.15, 0.2) is 65.0 Å². The SMILES string of the molecule is O=C(/C=C/c1ccccc1)Nc1nnc(SCc2ccc(F)cc2)s1. The number of aromatic nitrogens is 2. The molecule has 0 bridgehead atoms. The second kappa shape index (κ2) is 8.55. The number of halogens is 1. The van der Waals surface area contributed by atoms with Gasteiger partial charge in [0.15, 0.2) is 4.34 Å². The molecule has 1 aromatic heterocycles. The van der Waals surface area contributed by atoms with Crippen molar-refractivity contribution in [1.82, 2.24) is 10.2 Å². The van der Waals surface area contributed by atoms with Gasteiger partial charge >= 0.3 is 0 Å². The number of anilines is 1. The minimum absolute atomic E-state index is 0.252. The standard InChI is InChI=1S/C18H14FN3OS2/c19-15-9-6-14(7-10-15)12-24-18-22-21-17(25-18)20-16(23)11-8-13-4-2-1-3-5-13/h1-11H,12H2,(H,20,21,23)/b11-8+. The molecule has 3 aromatic rings. The van der Waals surface area contributed by atoms with Crippen molar-refractivity contribution in [2.45, 2.75) is 10.1 Å². The van der Waals surface area contributed by atoms with Gasteiger partial charge in [-0.1, -0.05) is 65.6 Å². The number of nitrogens with one attached hydrogen (secondary N) is 1. The summed E-state index contributed by atoms with van der Waals surface area (Å²) in [5, 5.41) is 11.1. The highest BCUT2D eigenvalue weighted by Crippen LogP contribution is 2.28. The maximum atomic E-state index is 12.9. The van der Waals surface area contributed by atoms with Gasteiger partial charge in [0.1, 0.15) is 5.82 Å². The average Bonchev–Trinajstić information content (AvgIpc) is 3.08. The van der Waals surface area contributed by atoms with E-state index in [1.54, 1.807) is 18.2 Å². The molecule has 7 heteroatoms. The first kappa shape index (κ1) is 17.3. The molecule has 0 spiro atoms. The van der Waals surface area contributed by atoms with Gasteiger partial charge in [-0.05, 0) is 29.3 Å². The van der Waals surface area contributed by atoms with E-state index in [-0.39, 0.29) is 11.7 Å². The molecule has 0 aliphatic carbocycles. The highest BCUT2D eigenvalue weighted by atomic mass is 32.2. The summed E-state index contributed by atoms with van der Waals surface area (Å²) in [4.78, 5) is 11.9. The summed E-state index contributed by atoms with van der Waals surface area (Å²) in [7, 11) is 0. The summed E-state index contributed by atoms with van der Waals surface area (Å²) >= 11 is 2.80. The Labute approximate surface area is 152 Å². The van der Waals surface area contributed by atoms with Crippen molar-refractivity contribution in [3.63, 3.8) is 0 Å². The smallest absolute Gasteiger partial charge is 0.250 e. The Hall–Kier alpha value is -2.51. The Morgan fingerprint density at radius 1 is 1.12 bits per heavy atom.